The van der Waals surface area contributed by atoms with E-state index in [0.29, 0.717) is 17.1 Å². The zero-order valence-electron chi connectivity index (χ0n) is 11.3. The van der Waals surface area contributed by atoms with Gasteiger partial charge in [-0.25, -0.2) is 8.42 Å². The quantitative estimate of drug-likeness (QED) is 0.741. The highest BCUT2D eigenvalue weighted by Gasteiger charge is 2.12. The van der Waals surface area contributed by atoms with Gasteiger partial charge in [-0.2, -0.15) is 0 Å². The molecule has 0 aliphatic heterocycles. The maximum Gasteiger partial charge on any atom is 0.250 e. The van der Waals surface area contributed by atoms with E-state index in [9.17, 15) is 13.2 Å². The van der Waals surface area contributed by atoms with Crippen LogP contribution in [0.3, 0.4) is 0 Å². The predicted molar refractivity (Wildman–Crippen MR) is 82.2 cm³/mol. The fourth-order valence-corrected chi connectivity index (χ4v) is 2.48. The van der Waals surface area contributed by atoms with Gasteiger partial charge in [0.1, 0.15) is 0 Å². The van der Waals surface area contributed by atoms with Crippen molar-refractivity contribution in [3.05, 3.63) is 48.0 Å². The fraction of sp³-hybridized carbons (Fsp3) is 0.0714. The molecular weight excluding hydrogens is 290 g/mol. The number of hydrogen-bond acceptors (Lipinski definition) is 5. The average Bonchev–Trinajstić information content (AvgIpc) is 2.40. The van der Waals surface area contributed by atoms with Gasteiger partial charge >= 0.3 is 0 Å². The predicted octanol–water partition coefficient (Wildman–Crippen LogP) is 1.51. The second-order valence-corrected chi connectivity index (χ2v) is 6.57. The van der Waals surface area contributed by atoms with E-state index in [1.165, 1.54) is 12.1 Å². The maximum absolute atomic E-state index is 11.4. The molecule has 7 heteroatoms. The Balaban J connectivity index is 2.37. The van der Waals surface area contributed by atoms with Crippen molar-refractivity contribution in [2.24, 2.45) is 5.73 Å². The summed E-state index contributed by atoms with van der Waals surface area (Å²) in [6.07, 6.45) is 1.13. The number of anilines is 3. The number of sulfone groups is 1. The van der Waals surface area contributed by atoms with E-state index in [0.717, 1.165) is 6.26 Å². The summed E-state index contributed by atoms with van der Waals surface area (Å²) in [4.78, 5) is 11.6. The van der Waals surface area contributed by atoms with Gasteiger partial charge in [-0.3, -0.25) is 4.79 Å². The van der Waals surface area contributed by atoms with Crippen molar-refractivity contribution in [3.63, 3.8) is 0 Å². The lowest BCUT2D eigenvalue weighted by atomic mass is 10.1. The molecule has 5 N–H and O–H groups in total. The van der Waals surface area contributed by atoms with Crippen LogP contribution >= 0.6 is 0 Å². The number of para-hydroxylation sites is 1. The second kappa shape index (κ2) is 5.45. The van der Waals surface area contributed by atoms with Crippen LogP contribution in [0.4, 0.5) is 17.1 Å². The topological polar surface area (TPSA) is 115 Å². The lowest BCUT2D eigenvalue weighted by Crippen LogP contribution is -2.14. The first-order chi connectivity index (χ1) is 9.79. The van der Waals surface area contributed by atoms with Crippen LogP contribution in [0.5, 0.6) is 0 Å². The SMILES string of the molecule is CS(=O)(=O)c1ccc(Nc2c(N)cccc2C(N)=O)cc1. The Morgan fingerprint density at radius 2 is 1.71 bits per heavy atom. The molecule has 2 aromatic carbocycles. The van der Waals surface area contributed by atoms with Gasteiger partial charge in [-0.1, -0.05) is 6.07 Å². The normalized spacial score (nSPS) is 11.1. The molecule has 0 heterocycles. The van der Waals surface area contributed by atoms with E-state index >= 15 is 0 Å². The van der Waals surface area contributed by atoms with Gasteiger partial charge in [-0.05, 0) is 36.4 Å². The summed E-state index contributed by atoms with van der Waals surface area (Å²) in [6, 6.07) is 11.0. The van der Waals surface area contributed by atoms with Crippen LogP contribution in [0.1, 0.15) is 10.4 Å². The van der Waals surface area contributed by atoms with Crippen molar-refractivity contribution in [2.75, 3.05) is 17.3 Å². The summed E-state index contributed by atoms with van der Waals surface area (Å²) >= 11 is 0. The summed E-state index contributed by atoms with van der Waals surface area (Å²) < 4.78 is 22.8. The molecule has 2 rings (SSSR count). The number of hydrogen-bond donors (Lipinski definition) is 3. The van der Waals surface area contributed by atoms with Crippen molar-refractivity contribution in [1.29, 1.82) is 0 Å². The van der Waals surface area contributed by atoms with Gasteiger partial charge in [0.15, 0.2) is 9.84 Å². The average molecular weight is 305 g/mol. The molecule has 6 nitrogen and oxygen atoms in total. The third-order valence-electron chi connectivity index (χ3n) is 2.91. The Morgan fingerprint density at radius 3 is 2.24 bits per heavy atom. The van der Waals surface area contributed by atoms with Crippen molar-refractivity contribution in [3.8, 4) is 0 Å². The molecule has 0 aliphatic rings. The monoisotopic (exact) mass is 305 g/mol. The number of carbonyl (C=O) groups is 1. The third-order valence-corrected chi connectivity index (χ3v) is 4.04. The lowest BCUT2D eigenvalue weighted by molar-refractivity contribution is 0.100. The first-order valence-corrected chi connectivity index (χ1v) is 7.93. The van der Waals surface area contributed by atoms with Crippen molar-refractivity contribution in [2.45, 2.75) is 4.90 Å². The van der Waals surface area contributed by atoms with Crippen LogP contribution in [0, 0.1) is 0 Å². The molecule has 0 saturated carbocycles. The number of nitrogens with one attached hydrogen (secondary N) is 1. The molecule has 0 bridgehead atoms. The summed E-state index contributed by atoms with van der Waals surface area (Å²) in [5, 5.41) is 2.98. The molecule has 0 radical (unpaired) electrons. The van der Waals surface area contributed by atoms with E-state index in [-0.39, 0.29) is 10.5 Å². The largest absolute Gasteiger partial charge is 0.397 e. The zero-order chi connectivity index (χ0) is 15.6. The van der Waals surface area contributed by atoms with Crippen molar-refractivity contribution in [1.82, 2.24) is 0 Å². The summed E-state index contributed by atoms with van der Waals surface area (Å²) in [6.45, 7) is 0. The number of amides is 1. The molecule has 110 valence electrons. The van der Waals surface area contributed by atoms with Crippen LogP contribution in [-0.2, 0) is 9.84 Å². The highest BCUT2D eigenvalue weighted by atomic mass is 32.2. The highest BCUT2D eigenvalue weighted by molar-refractivity contribution is 7.90. The molecule has 1 amide bonds. The second-order valence-electron chi connectivity index (χ2n) is 4.56. The molecule has 0 atom stereocenters. The fourth-order valence-electron chi connectivity index (χ4n) is 1.84. The Morgan fingerprint density at radius 1 is 1.10 bits per heavy atom. The van der Waals surface area contributed by atoms with Crippen molar-refractivity contribution >= 4 is 32.8 Å². The number of nitrogens with two attached hydrogens (primary N) is 2. The summed E-state index contributed by atoms with van der Waals surface area (Å²) in [7, 11) is -3.25. The van der Waals surface area contributed by atoms with Crippen LogP contribution in [-0.4, -0.2) is 20.6 Å². The van der Waals surface area contributed by atoms with E-state index in [1.807, 2.05) is 0 Å². The number of rotatable bonds is 4. The highest BCUT2D eigenvalue weighted by Crippen LogP contribution is 2.27. The number of nitrogen functional groups attached to an aromatic ring is 1. The molecule has 0 aliphatic carbocycles. The summed E-state index contributed by atoms with van der Waals surface area (Å²) in [5.41, 5.74) is 12.8. The Bertz CT molecular complexity index is 784. The minimum Gasteiger partial charge on any atom is -0.397 e. The standard InChI is InChI=1S/C14H15N3O3S/c1-21(19,20)10-7-5-9(6-8-10)17-13-11(14(16)18)3-2-4-12(13)15/h2-8,17H,15H2,1H3,(H2,16,18). The smallest absolute Gasteiger partial charge is 0.250 e. The van der Waals surface area contributed by atoms with Gasteiger partial charge in [0.2, 0.25) is 0 Å². The Labute approximate surface area is 122 Å². The van der Waals surface area contributed by atoms with E-state index in [2.05, 4.69) is 5.32 Å². The van der Waals surface area contributed by atoms with Crippen LogP contribution < -0.4 is 16.8 Å². The number of primary amides is 1. The minimum absolute atomic E-state index is 0.212. The molecule has 2 aromatic rings. The number of benzene rings is 2. The van der Waals surface area contributed by atoms with E-state index in [1.54, 1.807) is 30.3 Å². The molecule has 21 heavy (non-hydrogen) atoms. The molecular formula is C14H15N3O3S. The molecule has 0 aromatic heterocycles. The van der Waals surface area contributed by atoms with E-state index < -0.39 is 15.7 Å². The lowest BCUT2D eigenvalue weighted by Gasteiger charge is -2.13. The van der Waals surface area contributed by atoms with Gasteiger partial charge in [0.25, 0.3) is 5.91 Å². The van der Waals surface area contributed by atoms with Gasteiger partial charge < -0.3 is 16.8 Å². The molecule has 0 spiro atoms. The molecule has 0 fully saturated rings. The Hall–Kier alpha value is -2.54. The zero-order valence-corrected chi connectivity index (χ0v) is 12.1. The summed E-state index contributed by atoms with van der Waals surface area (Å²) in [5.74, 6) is -0.599. The Kier molecular flexibility index (Phi) is 3.86. The van der Waals surface area contributed by atoms with Crippen LogP contribution in [0.25, 0.3) is 0 Å². The van der Waals surface area contributed by atoms with Crippen molar-refractivity contribution < 1.29 is 13.2 Å². The minimum atomic E-state index is -3.25. The van der Waals surface area contributed by atoms with E-state index in [4.69, 9.17) is 11.5 Å². The molecule has 0 unspecified atom stereocenters. The van der Waals surface area contributed by atoms with Gasteiger partial charge in [0, 0.05) is 11.9 Å². The maximum atomic E-state index is 11.4. The van der Waals surface area contributed by atoms with Gasteiger partial charge in [0.05, 0.1) is 21.8 Å². The third kappa shape index (κ3) is 3.32. The number of carbonyl (C=O) groups excluding carboxylic acids is 1. The van der Waals surface area contributed by atoms with Crippen LogP contribution in [0.2, 0.25) is 0 Å². The molecule has 0 saturated heterocycles. The first kappa shape index (κ1) is 14.9. The van der Waals surface area contributed by atoms with Gasteiger partial charge in [-0.15, -0.1) is 0 Å². The van der Waals surface area contributed by atoms with Crippen LogP contribution in [0.15, 0.2) is 47.4 Å². The first-order valence-electron chi connectivity index (χ1n) is 6.04.